The van der Waals surface area contributed by atoms with Gasteiger partial charge in [-0.15, -0.1) is 0 Å². The monoisotopic (exact) mass is 557 g/mol. The van der Waals surface area contributed by atoms with E-state index in [-0.39, 0.29) is 22.3 Å². The van der Waals surface area contributed by atoms with Crippen molar-refractivity contribution in [1.29, 1.82) is 0 Å². The third-order valence-electron chi connectivity index (χ3n) is 5.48. The largest absolute Gasteiger partial charge is 0.502 e. The van der Waals surface area contributed by atoms with Crippen molar-refractivity contribution in [3.05, 3.63) is 98.6 Å². The third-order valence-corrected chi connectivity index (χ3v) is 6.92. The number of hydrogen-bond donors (Lipinski definition) is 1. The maximum atomic E-state index is 13.6. The van der Waals surface area contributed by atoms with Crippen LogP contribution in [0.4, 0.5) is 5.69 Å². The van der Waals surface area contributed by atoms with Crippen molar-refractivity contribution in [1.82, 2.24) is 4.57 Å². The van der Waals surface area contributed by atoms with Crippen LogP contribution in [0.2, 0.25) is 0 Å². The number of ether oxygens (including phenoxy) is 1. The summed E-state index contributed by atoms with van der Waals surface area (Å²) in [6.07, 6.45) is 1.38. The second kappa shape index (κ2) is 9.59. The maximum absolute atomic E-state index is 13.6. The number of halogens is 1. The molecule has 4 rings (SSSR count). The highest BCUT2D eigenvalue weighted by atomic mass is 79.9. The van der Waals surface area contributed by atoms with Crippen LogP contribution in [0.15, 0.2) is 61.9 Å². The standard InChI is InChI=1S/C24H20BrN3O6S/c1-4-34-23(31)19-13(3)26-24-27(20(19)14-7-5-12(2)6-8-14)22(30)18(35-24)10-15-9-16(25)11-17(21(15)29)28(32)33/h5-11,20,29H,4H2,1-3H3/b18-10-/t20-/m1/s1. The average molecular weight is 558 g/mol. The molecular weight excluding hydrogens is 538 g/mol. The number of nitro benzene ring substituents is 1. The summed E-state index contributed by atoms with van der Waals surface area (Å²) in [4.78, 5) is 41.9. The topological polar surface area (TPSA) is 124 Å². The summed E-state index contributed by atoms with van der Waals surface area (Å²) in [5.41, 5.74) is 1.59. The number of carbonyl (C=O) groups is 1. The third kappa shape index (κ3) is 4.56. The van der Waals surface area contributed by atoms with Gasteiger partial charge in [-0.25, -0.2) is 9.79 Å². The van der Waals surface area contributed by atoms with E-state index >= 15 is 0 Å². The molecule has 0 bridgehead atoms. The normalized spacial score (nSPS) is 15.5. The van der Waals surface area contributed by atoms with Gasteiger partial charge in [-0.3, -0.25) is 19.5 Å². The Labute approximate surface area is 211 Å². The van der Waals surface area contributed by atoms with Gasteiger partial charge in [0.25, 0.3) is 5.56 Å². The Morgan fingerprint density at radius 1 is 1.31 bits per heavy atom. The van der Waals surface area contributed by atoms with E-state index in [1.165, 1.54) is 22.8 Å². The van der Waals surface area contributed by atoms with Gasteiger partial charge in [0.05, 0.1) is 33.4 Å². The zero-order chi connectivity index (χ0) is 25.4. The number of phenolic OH excluding ortho intramolecular Hbond substituents is 1. The molecule has 180 valence electrons. The van der Waals surface area contributed by atoms with E-state index in [4.69, 9.17) is 4.74 Å². The smallest absolute Gasteiger partial charge is 0.338 e. The summed E-state index contributed by atoms with van der Waals surface area (Å²) in [5, 5.41) is 21.7. The Morgan fingerprint density at radius 2 is 2.00 bits per heavy atom. The van der Waals surface area contributed by atoms with E-state index in [0.717, 1.165) is 16.9 Å². The number of esters is 1. The molecule has 1 aliphatic heterocycles. The number of aromatic nitrogens is 1. The summed E-state index contributed by atoms with van der Waals surface area (Å²) < 4.78 is 7.26. The Morgan fingerprint density at radius 3 is 2.63 bits per heavy atom. The highest BCUT2D eigenvalue weighted by Gasteiger charge is 2.33. The minimum Gasteiger partial charge on any atom is -0.502 e. The summed E-state index contributed by atoms with van der Waals surface area (Å²) in [7, 11) is 0. The molecule has 9 nitrogen and oxygen atoms in total. The number of aromatic hydroxyl groups is 1. The number of carbonyl (C=O) groups excluding carboxylic acids is 1. The van der Waals surface area contributed by atoms with Gasteiger partial charge in [0, 0.05) is 16.1 Å². The Hall–Kier alpha value is -3.57. The number of aryl methyl sites for hydroxylation is 1. The highest BCUT2D eigenvalue weighted by molar-refractivity contribution is 9.10. The van der Waals surface area contributed by atoms with Crippen LogP contribution in [0.1, 0.15) is 36.6 Å². The van der Waals surface area contributed by atoms with Crippen molar-refractivity contribution < 1.29 is 19.6 Å². The molecule has 0 saturated carbocycles. The molecule has 35 heavy (non-hydrogen) atoms. The highest BCUT2D eigenvalue weighted by Crippen LogP contribution is 2.34. The second-order valence-corrected chi connectivity index (χ2v) is 9.76. The Balaban J connectivity index is 1.98. The minimum absolute atomic E-state index is 0.101. The van der Waals surface area contributed by atoms with Crippen molar-refractivity contribution >= 4 is 45.0 Å². The van der Waals surface area contributed by atoms with Gasteiger partial charge >= 0.3 is 11.7 Å². The fraction of sp³-hybridized carbons (Fsp3) is 0.208. The number of benzene rings is 2. The SMILES string of the molecule is CCOC(=O)C1=C(C)N=c2s/c(=C\c3cc(Br)cc([N+](=O)[O-])c3O)c(=O)n2[C@@H]1c1ccc(C)cc1. The number of rotatable bonds is 5. The van der Waals surface area contributed by atoms with E-state index in [9.17, 15) is 24.8 Å². The predicted octanol–water partition coefficient (Wildman–Crippen LogP) is 3.48. The van der Waals surface area contributed by atoms with Crippen LogP contribution < -0.4 is 14.9 Å². The molecule has 0 spiro atoms. The Bertz CT molecular complexity index is 1570. The number of phenols is 1. The van der Waals surface area contributed by atoms with Crippen LogP contribution in [-0.4, -0.2) is 27.2 Å². The molecule has 1 N–H and O–H groups in total. The van der Waals surface area contributed by atoms with Crippen LogP contribution in [0.3, 0.4) is 0 Å². The molecule has 2 heterocycles. The maximum Gasteiger partial charge on any atom is 0.338 e. The molecule has 0 saturated heterocycles. The number of nitrogens with zero attached hydrogens (tertiary/aromatic N) is 3. The molecule has 1 aromatic heterocycles. The minimum atomic E-state index is -0.765. The fourth-order valence-electron chi connectivity index (χ4n) is 3.85. The lowest BCUT2D eigenvalue weighted by atomic mass is 9.95. The van der Waals surface area contributed by atoms with Crippen LogP contribution >= 0.6 is 27.3 Å². The fourth-order valence-corrected chi connectivity index (χ4v) is 5.35. The molecular formula is C24H20BrN3O6S. The van der Waals surface area contributed by atoms with E-state index < -0.39 is 33.9 Å². The summed E-state index contributed by atoms with van der Waals surface area (Å²) >= 11 is 4.27. The molecule has 11 heteroatoms. The van der Waals surface area contributed by atoms with E-state index in [0.29, 0.717) is 20.5 Å². The van der Waals surface area contributed by atoms with Crippen molar-refractivity contribution in [3.8, 4) is 5.75 Å². The summed E-state index contributed by atoms with van der Waals surface area (Å²) in [6.45, 7) is 5.50. The van der Waals surface area contributed by atoms with Gasteiger partial charge < -0.3 is 9.84 Å². The van der Waals surface area contributed by atoms with Crippen molar-refractivity contribution in [2.45, 2.75) is 26.8 Å². The van der Waals surface area contributed by atoms with Crippen molar-refractivity contribution in [2.24, 2.45) is 4.99 Å². The molecule has 0 amide bonds. The molecule has 0 fully saturated rings. The lowest BCUT2D eigenvalue weighted by Crippen LogP contribution is -2.39. The lowest BCUT2D eigenvalue weighted by Gasteiger charge is -2.24. The van der Waals surface area contributed by atoms with Gasteiger partial charge in [0.2, 0.25) is 5.75 Å². The van der Waals surface area contributed by atoms with Crippen LogP contribution in [0.25, 0.3) is 6.08 Å². The number of thiazole rings is 1. The number of nitro groups is 1. The van der Waals surface area contributed by atoms with Crippen LogP contribution in [0.5, 0.6) is 5.75 Å². The van der Waals surface area contributed by atoms with Gasteiger partial charge in [-0.2, -0.15) is 0 Å². The first-order chi connectivity index (χ1) is 16.6. The van der Waals surface area contributed by atoms with Crippen molar-refractivity contribution in [3.63, 3.8) is 0 Å². The Kier molecular flexibility index (Phi) is 6.73. The molecule has 1 aliphatic rings. The first-order valence-electron chi connectivity index (χ1n) is 10.6. The quantitative estimate of drug-likeness (QED) is 0.291. The molecule has 0 radical (unpaired) electrons. The summed E-state index contributed by atoms with van der Waals surface area (Å²) in [6, 6.07) is 9.37. The summed E-state index contributed by atoms with van der Waals surface area (Å²) in [5.74, 6) is -1.11. The van der Waals surface area contributed by atoms with E-state index in [1.54, 1.807) is 13.8 Å². The first-order valence-corrected chi connectivity index (χ1v) is 12.2. The van der Waals surface area contributed by atoms with Gasteiger partial charge in [-0.05, 0) is 38.5 Å². The zero-order valence-electron chi connectivity index (χ0n) is 18.9. The molecule has 0 aliphatic carbocycles. The van der Waals surface area contributed by atoms with Gasteiger partial charge in [0.15, 0.2) is 4.80 Å². The number of fused-ring (bicyclic) bond motifs is 1. The molecule has 2 aromatic carbocycles. The first kappa shape index (κ1) is 24.6. The van der Waals surface area contributed by atoms with Crippen LogP contribution in [-0.2, 0) is 9.53 Å². The molecule has 0 unspecified atom stereocenters. The second-order valence-electron chi connectivity index (χ2n) is 7.83. The van der Waals surface area contributed by atoms with E-state index in [2.05, 4.69) is 20.9 Å². The molecule has 3 aromatic rings. The average Bonchev–Trinajstić information content (AvgIpc) is 3.10. The number of hydrogen-bond acceptors (Lipinski definition) is 8. The zero-order valence-corrected chi connectivity index (χ0v) is 21.3. The molecule has 1 atom stereocenters. The van der Waals surface area contributed by atoms with Crippen LogP contribution in [0, 0.1) is 17.0 Å². The van der Waals surface area contributed by atoms with Gasteiger partial charge in [0.1, 0.15) is 0 Å². The van der Waals surface area contributed by atoms with Crippen molar-refractivity contribution in [2.75, 3.05) is 6.61 Å². The predicted molar refractivity (Wildman–Crippen MR) is 134 cm³/mol. The van der Waals surface area contributed by atoms with E-state index in [1.807, 2.05) is 31.2 Å². The lowest BCUT2D eigenvalue weighted by molar-refractivity contribution is -0.385. The van der Waals surface area contributed by atoms with Gasteiger partial charge in [-0.1, -0.05) is 57.1 Å². The number of allylic oxidation sites excluding steroid dienone is 1.